The monoisotopic (exact) mass is 416 g/mol. The normalized spacial score (nSPS) is 11.1. The second-order valence-electron chi connectivity index (χ2n) is 6.75. The molecule has 0 aliphatic heterocycles. The highest BCUT2D eigenvalue weighted by Gasteiger charge is 2.16. The summed E-state index contributed by atoms with van der Waals surface area (Å²) in [6.45, 7) is 0.484. The van der Waals surface area contributed by atoms with Crippen molar-refractivity contribution in [2.24, 2.45) is 0 Å². The number of carboxylic acids is 1. The molecule has 0 aliphatic rings. The quantitative estimate of drug-likeness (QED) is 0.395. The number of para-hydroxylation sites is 1. The van der Waals surface area contributed by atoms with Gasteiger partial charge in [-0.25, -0.2) is 4.79 Å². The molecule has 3 rings (SSSR count). The third-order valence-electron chi connectivity index (χ3n) is 4.47. The Kier molecular flexibility index (Phi) is 8.10. The second kappa shape index (κ2) is 11.4. The number of carbonyl (C=O) groups is 1. The van der Waals surface area contributed by atoms with Crippen LogP contribution in [-0.4, -0.2) is 30.9 Å². The molecule has 1 N–H and O–H groups in total. The van der Waals surface area contributed by atoms with E-state index in [2.05, 4.69) is 11.8 Å². The first-order valence-electron chi connectivity index (χ1n) is 9.93. The molecule has 1 unspecified atom stereocenters. The lowest BCUT2D eigenvalue weighted by molar-refractivity contribution is -0.148. The Morgan fingerprint density at radius 2 is 1.55 bits per heavy atom. The summed E-state index contributed by atoms with van der Waals surface area (Å²) in [5, 5.41) is 9.05. The molecule has 0 saturated heterocycles. The number of methoxy groups -OCH3 is 1. The fraction of sp³-hybridized carbons (Fsp3) is 0.192. The Morgan fingerprint density at radius 3 is 2.19 bits per heavy atom. The zero-order chi connectivity index (χ0) is 21.9. The maximum absolute atomic E-state index is 11.0. The van der Waals surface area contributed by atoms with Gasteiger partial charge in [0.2, 0.25) is 0 Å². The highest BCUT2D eigenvalue weighted by Crippen LogP contribution is 2.23. The van der Waals surface area contributed by atoms with E-state index in [0.717, 1.165) is 28.4 Å². The minimum Gasteiger partial charge on any atom is -0.493 e. The average Bonchev–Trinajstić information content (AvgIpc) is 2.80. The van der Waals surface area contributed by atoms with Crippen molar-refractivity contribution in [2.45, 2.75) is 18.9 Å². The molecule has 0 radical (unpaired) electrons. The van der Waals surface area contributed by atoms with E-state index in [-0.39, 0.29) is 0 Å². The molecule has 0 heterocycles. The van der Waals surface area contributed by atoms with E-state index in [0.29, 0.717) is 19.4 Å². The molecular weight excluding hydrogens is 392 g/mol. The Labute approximate surface area is 182 Å². The van der Waals surface area contributed by atoms with Gasteiger partial charge in [0.05, 0.1) is 6.61 Å². The van der Waals surface area contributed by atoms with Crippen molar-refractivity contribution in [3.63, 3.8) is 0 Å². The molecule has 0 aromatic heterocycles. The van der Waals surface area contributed by atoms with Gasteiger partial charge < -0.3 is 19.3 Å². The molecule has 3 aromatic rings. The zero-order valence-electron chi connectivity index (χ0n) is 17.3. The molecule has 0 aliphatic carbocycles. The minimum atomic E-state index is -0.968. The number of hydrogen-bond donors (Lipinski definition) is 1. The zero-order valence-corrected chi connectivity index (χ0v) is 17.3. The first-order valence-corrected chi connectivity index (χ1v) is 9.93. The summed E-state index contributed by atoms with van der Waals surface area (Å²) in [5.74, 6) is 7.51. The van der Waals surface area contributed by atoms with Crippen LogP contribution in [0.1, 0.15) is 17.5 Å². The molecule has 0 saturated carbocycles. The Hall–Kier alpha value is -3.75. The second-order valence-corrected chi connectivity index (χ2v) is 6.75. The van der Waals surface area contributed by atoms with Crippen LogP contribution in [0.15, 0.2) is 78.9 Å². The van der Waals surface area contributed by atoms with Gasteiger partial charge in [-0.15, -0.1) is 0 Å². The van der Waals surface area contributed by atoms with Crippen molar-refractivity contribution < 1.29 is 24.1 Å². The van der Waals surface area contributed by atoms with Gasteiger partial charge >= 0.3 is 5.97 Å². The number of benzene rings is 3. The molecule has 31 heavy (non-hydrogen) atoms. The fourth-order valence-electron chi connectivity index (χ4n) is 2.82. The van der Waals surface area contributed by atoms with E-state index >= 15 is 0 Å². The summed E-state index contributed by atoms with van der Waals surface area (Å²) in [7, 11) is 1.40. The molecule has 1 atom stereocenters. The standard InChI is InChI=1S/C26H24O5/c1-29-25(26(27)28)19-21-12-10-20(11-13-21)7-5-6-18-30-22-14-16-24(17-15-22)31-23-8-3-2-4-9-23/h2-4,8-17,25H,6,18-19H2,1H3,(H,27,28). The SMILES string of the molecule is COC(Cc1ccc(C#CCCOc2ccc(Oc3ccccc3)cc2)cc1)C(=O)O. The van der Waals surface area contributed by atoms with Crippen molar-refractivity contribution in [1.29, 1.82) is 0 Å². The smallest absolute Gasteiger partial charge is 0.333 e. The van der Waals surface area contributed by atoms with Crippen molar-refractivity contribution in [3.05, 3.63) is 90.0 Å². The van der Waals surface area contributed by atoms with Crippen LogP contribution < -0.4 is 9.47 Å². The summed E-state index contributed by atoms with van der Waals surface area (Å²) < 4.78 is 16.4. The van der Waals surface area contributed by atoms with Crippen molar-refractivity contribution in [3.8, 4) is 29.1 Å². The maximum Gasteiger partial charge on any atom is 0.333 e. The maximum atomic E-state index is 11.0. The molecule has 5 heteroatoms. The van der Waals surface area contributed by atoms with Gasteiger partial charge in [0.25, 0.3) is 0 Å². The number of aliphatic carboxylic acids is 1. The van der Waals surface area contributed by atoms with Crippen LogP contribution in [0, 0.1) is 11.8 Å². The van der Waals surface area contributed by atoms with Gasteiger partial charge in [-0.3, -0.25) is 0 Å². The Bertz CT molecular complexity index is 1020. The highest BCUT2D eigenvalue weighted by molar-refractivity contribution is 5.72. The van der Waals surface area contributed by atoms with Crippen molar-refractivity contribution >= 4 is 5.97 Å². The lowest BCUT2D eigenvalue weighted by Gasteiger charge is -2.10. The lowest BCUT2D eigenvalue weighted by atomic mass is 10.1. The highest BCUT2D eigenvalue weighted by atomic mass is 16.5. The van der Waals surface area contributed by atoms with Gasteiger partial charge in [-0.2, -0.15) is 0 Å². The molecule has 5 nitrogen and oxygen atoms in total. The molecule has 3 aromatic carbocycles. The van der Waals surface area contributed by atoms with E-state index < -0.39 is 12.1 Å². The van der Waals surface area contributed by atoms with Crippen molar-refractivity contribution in [2.75, 3.05) is 13.7 Å². The number of hydrogen-bond acceptors (Lipinski definition) is 4. The van der Waals surface area contributed by atoms with Crippen molar-refractivity contribution in [1.82, 2.24) is 0 Å². The molecule has 0 spiro atoms. The van der Waals surface area contributed by atoms with Gasteiger partial charge in [-0.1, -0.05) is 42.2 Å². The van der Waals surface area contributed by atoms with Gasteiger partial charge in [0.15, 0.2) is 6.10 Å². The van der Waals surface area contributed by atoms with Crippen LogP contribution in [0.5, 0.6) is 17.2 Å². The summed E-state index contributed by atoms with van der Waals surface area (Å²) >= 11 is 0. The van der Waals surface area contributed by atoms with Gasteiger partial charge in [-0.05, 0) is 54.1 Å². The van der Waals surface area contributed by atoms with Crippen LogP contribution in [0.3, 0.4) is 0 Å². The average molecular weight is 416 g/mol. The first kappa shape index (κ1) is 21.9. The molecule has 0 fully saturated rings. The summed E-state index contributed by atoms with van der Waals surface area (Å²) in [6.07, 6.45) is 0.0743. The minimum absolute atomic E-state index is 0.322. The largest absolute Gasteiger partial charge is 0.493 e. The van der Waals surface area contributed by atoms with E-state index in [1.807, 2.05) is 78.9 Å². The molecule has 0 bridgehead atoms. The summed E-state index contributed by atoms with van der Waals surface area (Å²) in [6, 6.07) is 24.6. The van der Waals surface area contributed by atoms with E-state index in [4.69, 9.17) is 19.3 Å². The van der Waals surface area contributed by atoms with Crippen LogP contribution in [-0.2, 0) is 16.0 Å². The Morgan fingerprint density at radius 1 is 0.903 bits per heavy atom. The van der Waals surface area contributed by atoms with E-state index in [9.17, 15) is 4.79 Å². The van der Waals surface area contributed by atoms with Gasteiger partial charge in [0.1, 0.15) is 17.2 Å². The van der Waals surface area contributed by atoms with Crippen LogP contribution in [0.4, 0.5) is 0 Å². The topological polar surface area (TPSA) is 65.0 Å². The van der Waals surface area contributed by atoms with Crippen LogP contribution >= 0.6 is 0 Å². The Balaban J connectivity index is 1.42. The van der Waals surface area contributed by atoms with Gasteiger partial charge in [0, 0.05) is 25.5 Å². The third kappa shape index (κ3) is 7.22. The first-order chi connectivity index (χ1) is 15.1. The summed E-state index contributed by atoms with van der Waals surface area (Å²) in [5.41, 5.74) is 1.76. The van der Waals surface area contributed by atoms with E-state index in [1.54, 1.807) is 0 Å². The molecular formula is C26H24O5. The number of ether oxygens (including phenoxy) is 3. The number of rotatable bonds is 9. The predicted molar refractivity (Wildman–Crippen MR) is 119 cm³/mol. The van der Waals surface area contributed by atoms with Crippen LogP contribution in [0.2, 0.25) is 0 Å². The molecule has 0 amide bonds. The third-order valence-corrected chi connectivity index (χ3v) is 4.47. The van der Waals surface area contributed by atoms with E-state index in [1.165, 1.54) is 7.11 Å². The fourth-order valence-corrected chi connectivity index (χ4v) is 2.82. The lowest BCUT2D eigenvalue weighted by Crippen LogP contribution is -2.24. The predicted octanol–water partition coefficient (Wildman–Crippen LogP) is 4.94. The van der Waals surface area contributed by atoms with Crippen LogP contribution in [0.25, 0.3) is 0 Å². The molecule has 158 valence electrons. The number of carboxylic acid groups (broad SMARTS) is 1. The summed E-state index contributed by atoms with van der Waals surface area (Å²) in [4.78, 5) is 11.0.